The maximum Gasteiger partial charge on any atom is 0.227 e. The Morgan fingerprint density at radius 2 is 2.05 bits per heavy atom. The number of amides is 1. The van der Waals surface area contributed by atoms with E-state index >= 15 is 0 Å². The Hall–Kier alpha value is -0.830. The Morgan fingerprint density at radius 1 is 1.33 bits per heavy atom. The summed E-state index contributed by atoms with van der Waals surface area (Å²) in [5, 5.41) is 11.3. The first-order chi connectivity index (χ1) is 9.49. The zero-order valence-electron chi connectivity index (χ0n) is 13.0. The first-order valence-electron chi connectivity index (χ1n) is 6.74. The summed E-state index contributed by atoms with van der Waals surface area (Å²) in [7, 11) is 1.73. The van der Waals surface area contributed by atoms with Crippen molar-refractivity contribution in [2.45, 2.75) is 27.3 Å². The van der Waals surface area contributed by atoms with Crippen LogP contribution in [0.25, 0.3) is 0 Å². The molecule has 0 aliphatic heterocycles. The molecule has 0 aromatic carbocycles. The van der Waals surface area contributed by atoms with Crippen LogP contribution in [0.4, 0.5) is 0 Å². The third-order valence-electron chi connectivity index (χ3n) is 2.88. The average molecular weight is 424 g/mol. The lowest BCUT2D eigenvalue weighted by Gasteiger charge is -2.24. The molecule has 120 valence electrons. The zero-order chi connectivity index (χ0) is 15.0. The van der Waals surface area contributed by atoms with Crippen LogP contribution in [0.2, 0.25) is 0 Å². The summed E-state index contributed by atoms with van der Waals surface area (Å²) in [6, 6.07) is 4.10. The molecule has 1 rings (SSSR count). The number of nitrogens with zero attached hydrogens (tertiary/aromatic N) is 1. The van der Waals surface area contributed by atoms with Gasteiger partial charge in [0.15, 0.2) is 5.96 Å². The van der Waals surface area contributed by atoms with Crippen LogP contribution in [-0.4, -0.2) is 32.0 Å². The number of carbonyl (C=O) groups excluding carboxylic acids is 1. The van der Waals surface area contributed by atoms with E-state index in [2.05, 4.69) is 27.0 Å². The van der Waals surface area contributed by atoms with Gasteiger partial charge >= 0.3 is 0 Å². The van der Waals surface area contributed by atoms with E-state index in [1.54, 1.807) is 18.4 Å². The fourth-order valence-corrected chi connectivity index (χ4v) is 2.23. The van der Waals surface area contributed by atoms with E-state index in [-0.39, 0.29) is 29.9 Å². The van der Waals surface area contributed by atoms with Crippen molar-refractivity contribution in [2.24, 2.45) is 10.4 Å². The van der Waals surface area contributed by atoms with Crippen molar-refractivity contribution in [3.05, 3.63) is 22.4 Å². The summed E-state index contributed by atoms with van der Waals surface area (Å²) in [5.41, 5.74) is -0.476. The largest absolute Gasteiger partial charge is 0.356 e. The average Bonchev–Trinajstić information content (AvgIpc) is 2.92. The molecule has 0 fully saturated rings. The summed E-state index contributed by atoms with van der Waals surface area (Å²) in [6.07, 6.45) is 0. The number of hydrogen-bond donors (Lipinski definition) is 3. The van der Waals surface area contributed by atoms with Crippen molar-refractivity contribution in [1.82, 2.24) is 16.0 Å². The number of nitrogens with one attached hydrogen (secondary N) is 3. The van der Waals surface area contributed by atoms with Crippen LogP contribution in [-0.2, 0) is 11.3 Å². The molecule has 0 bridgehead atoms. The fraction of sp³-hybridized carbons (Fsp3) is 0.571. The quantitative estimate of drug-likeness (QED) is 0.373. The number of guanidine groups is 1. The number of carbonyl (C=O) groups is 1. The van der Waals surface area contributed by atoms with Crippen molar-refractivity contribution in [2.75, 3.05) is 20.1 Å². The van der Waals surface area contributed by atoms with E-state index in [4.69, 9.17) is 0 Å². The van der Waals surface area contributed by atoms with Gasteiger partial charge < -0.3 is 16.0 Å². The molecule has 1 aromatic rings. The molecule has 0 atom stereocenters. The Kier molecular flexibility index (Phi) is 9.60. The van der Waals surface area contributed by atoms with Crippen LogP contribution in [0.3, 0.4) is 0 Å². The third-order valence-corrected chi connectivity index (χ3v) is 3.76. The minimum atomic E-state index is -0.476. The molecule has 1 amide bonds. The molecule has 0 saturated carbocycles. The minimum Gasteiger partial charge on any atom is -0.356 e. The molecular formula is C14H25IN4OS. The van der Waals surface area contributed by atoms with E-state index in [1.165, 1.54) is 4.88 Å². The van der Waals surface area contributed by atoms with Gasteiger partial charge in [-0.05, 0) is 32.2 Å². The first-order valence-corrected chi connectivity index (χ1v) is 7.62. The van der Waals surface area contributed by atoms with Crippen molar-refractivity contribution in [3.63, 3.8) is 0 Å². The van der Waals surface area contributed by atoms with Gasteiger partial charge in [-0.3, -0.25) is 9.79 Å². The Balaban J connectivity index is 0.00000400. The number of rotatable bonds is 6. The molecule has 21 heavy (non-hydrogen) atoms. The highest BCUT2D eigenvalue weighted by Gasteiger charge is 2.27. The Bertz CT molecular complexity index is 446. The molecule has 0 aliphatic carbocycles. The van der Waals surface area contributed by atoms with Gasteiger partial charge in [0.25, 0.3) is 0 Å². The fourth-order valence-electron chi connectivity index (χ4n) is 1.59. The highest BCUT2D eigenvalue weighted by molar-refractivity contribution is 14.0. The second-order valence-electron chi connectivity index (χ2n) is 5.10. The molecule has 5 nitrogen and oxygen atoms in total. The molecule has 0 aliphatic rings. The molecule has 0 unspecified atom stereocenters. The molecule has 0 radical (unpaired) electrons. The van der Waals surface area contributed by atoms with Gasteiger partial charge in [0.1, 0.15) is 0 Å². The summed E-state index contributed by atoms with van der Waals surface area (Å²) >= 11 is 1.70. The van der Waals surface area contributed by atoms with E-state index < -0.39 is 5.41 Å². The van der Waals surface area contributed by atoms with Crippen LogP contribution in [0.1, 0.15) is 25.6 Å². The molecule has 7 heteroatoms. The van der Waals surface area contributed by atoms with Crippen LogP contribution >= 0.6 is 35.3 Å². The number of thiophene rings is 1. The molecule has 1 aromatic heterocycles. The van der Waals surface area contributed by atoms with Crippen molar-refractivity contribution in [1.29, 1.82) is 0 Å². The second-order valence-corrected chi connectivity index (χ2v) is 6.13. The molecule has 0 spiro atoms. The van der Waals surface area contributed by atoms with Gasteiger partial charge in [-0.15, -0.1) is 35.3 Å². The van der Waals surface area contributed by atoms with Crippen molar-refractivity contribution in [3.8, 4) is 0 Å². The second kappa shape index (κ2) is 9.99. The zero-order valence-corrected chi connectivity index (χ0v) is 16.2. The molecular weight excluding hydrogens is 399 g/mol. The standard InChI is InChI=1S/C14H24N4OS.HI/c1-5-16-12(19)14(2,3)10-18-13(15-4)17-9-11-7-6-8-20-11;/h6-8H,5,9-10H2,1-4H3,(H,16,19)(H2,15,17,18);1H. The topological polar surface area (TPSA) is 65.5 Å². The smallest absolute Gasteiger partial charge is 0.227 e. The Morgan fingerprint density at radius 3 is 2.57 bits per heavy atom. The predicted molar refractivity (Wildman–Crippen MR) is 100 cm³/mol. The van der Waals surface area contributed by atoms with Crippen LogP contribution < -0.4 is 16.0 Å². The van der Waals surface area contributed by atoms with E-state index in [1.807, 2.05) is 32.2 Å². The maximum atomic E-state index is 11.9. The highest BCUT2D eigenvalue weighted by Crippen LogP contribution is 2.13. The molecule has 3 N–H and O–H groups in total. The van der Waals surface area contributed by atoms with E-state index in [0.717, 1.165) is 6.54 Å². The number of halogens is 1. The van der Waals surface area contributed by atoms with Crippen LogP contribution in [0, 0.1) is 5.41 Å². The highest BCUT2D eigenvalue weighted by atomic mass is 127. The van der Waals surface area contributed by atoms with Crippen LogP contribution in [0.15, 0.2) is 22.5 Å². The summed E-state index contributed by atoms with van der Waals surface area (Å²) in [6.45, 7) is 7.66. The van der Waals surface area contributed by atoms with Gasteiger partial charge in [-0.1, -0.05) is 6.07 Å². The van der Waals surface area contributed by atoms with Crippen molar-refractivity contribution < 1.29 is 4.79 Å². The number of hydrogen-bond acceptors (Lipinski definition) is 3. The Labute approximate surface area is 148 Å². The van der Waals surface area contributed by atoms with Crippen molar-refractivity contribution >= 4 is 47.2 Å². The normalized spacial score (nSPS) is 11.5. The van der Waals surface area contributed by atoms with Gasteiger partial charge in [0.05, 0.1) is 12.0 Å². The minimum absolute atomic E-state index is 0. The summed E-state index contributed by atoms with van der Waals surface area (Å²) in [5.74, 6) is 0.747. The lowest BCUT2D eigenvalue weighted by Crippen LogP contribution is -2.47. The predicted octanol–water partition coefficient (Wildman–Crippen LogP) is 2.19. The molecule has 1 heterocycles. The van der Waals surface area contributed by atoms with E-state index in [9.17, 15) is 4.79 Å². The lowest BCUT2D eigenvalue weighted by atomic mass is 9.92. The summed E-state index contributed by atoms with van der Waals surface area (Å²) in [4.78, 5) is 17.3. The molecule has 0 saturated heterocycles. The van der Waals surface area contributed by atoms with Gasteiger partial charge in [-0.25, -0.2) is 0 Å². The first kappa shape index (κ1) is 20.2. The number of aliphatic imine (C=N–C) groups is 1. The van der Waals surface area contributed by atoms with E-state index in [0.29, 0.717) is 19.0 Å². The lowest BCUT2D eigenvalue weighted by molar-refractivity contribution is -0.128. The van der Waals surface area contributed by atoms with Gasteiger partial charge in [0.2, 0.25) is 5.91 Å². The maximum absolute atomic E-state index is 11.9. The monoisotopic (exact) mass is 424 g/mol. The third kappa shape index (κ3) is 7.12. The van der Waals surface area contributed by atoms with Gasteiger partial charge in [-0.2, -0.15) is 0 Å². The van der Waals surface area contributed by atoms with Crippen LogP contribution in [0.5, 0.6) is 0 Å². The van der Waals surface area contributed by atoms with Gasteiger partial charge in [0, 0.05) is 25.0 Å². The summed E-state index contributed by atoms with van der Waals surface area (Å²) < 4.78 is 0. The SMILES string of the molecule is CCNC(=O)C(C)(C)CNC(=NC)NCc1cccs1.I.